The minimum absolute atomic E-state index is 0.0330. The number of carbonyl (C=O) groups is 3. The van der Waals surface area contributed by atoms with Gasteiger partial charge in [-0.3, -0.25) is 14.4 Å². The molecule has 1 unspecified atom stereocenters. The molecule has 2 atom stereocenters. The molecule has 10 nitrogen and oxygen atoms in total. The molecule has 1 fully saturated rings. The minimum atomic E-state index is -1.00. The summed E-state index contributed by atoms with van der Waals surface area (Å²) in [5, 5.41) is 15.6. The predicted molar refractivity (Wildman–Crippen MR) is 127 cm³/mol. The molecule has 10 heteroatoms. The molecule has 5 rings (SSSR count). The summed E-state index contributed by atoms with van der Waals surface area (Å²) in [5.41, 5.74) is 3.24. The van der Waals surface area contributed by atoms with Crippen LogP contribution in [0.2, 0.25) is 0 Å². The number of aromatic nitrogens is 2. The molecule has 0 spiro atoms. The molecule has 0 aliphatic carbocycles. The molecule has 2 aromatic rings. The van der Waals surface area contributed by atoms with Gasteiger partial charge in [0.2, 0.25) is 11.8 Å². The zero-order valence-corrected chi connectivity index (χ0v) is 19.5. The summed E-state index contributed by atoms with van der Waals surface area (Å²) in [5.74, 6) is -0.207. The van der Waals surface area contributed by atoms with Crippen LogP contribution in [0.1, 0.15) is 55.0 Å². The predicted octanol–water partition coefficient (Wildman–Crippen LogP) is 2.55. The third-order valence-electron chi connectivity index (χ3n) is 6.90. The van der Waals surface area contributed by atoms with E-state index in [4.69, 9.17) is 9.72 Å². The van der Waals surface area contributed by atoms with Crippen molar-refractivity contribution in [1.29, 1.82) is 0 Å². The summed E-state index contributed by atoms with van der Waals surface area (Å²) in [6.07, 6.45) is 6.52. The molecule has 35 heavy (non-hydrogen) atoms. The number of likely N-dealkylation sites (tertiary alicyclic amines) is 1. The van der Waals surface area contributed by atoms with E-state index in [-0.39, 0.29) is 30.8 Å². The third-order valence-corrected chi connectivity index (χ3v) is 6.90. The maximum absolute atomic E-state index is 13.3. The van der Waals surface area contributed by atoms with Crippen LogP contribution in [-0.4, -0.2) is 57.5 Å². The number of carboxylic acids is 1. The van der Waals surface area contributed by atoms with Gasteiger partial charge in [-0.25, -0.2) is 9.97 Å². The average molecular weight is 480 g/mol. The van der Waals surface area contributed by atoms with Crippen LogP contribution in [0.3, 0.4) is 0 Å². The monoisotopic (exact) mass is 479 g/mol. The van der Waals surface area contributed by atoms with E-state index < -0.39 is 12.0 Å². The summed E-state index contributed by atoms with van der Waals surface area (Å²) in [6.45, 7) is 1.33. The van der Waals surface area contributed by atoms with Gasteiger partial charge in [-0.15, -0.1) is 0 Å². The Hall–Kier alpha value is -3.69. The van der Waals surface area contributed by atoms with Crippen LogP contribution in [0.15, 0.2) is 24.4 Å². The quantitative estimate of drug-likeness (QED) is 0.526. The number of nitrogens with zero attached hydrogens (tertiary/aromatic N) is 3. The van der Waals surface area contributed by atoms with Crippen molar-refractivity contribution in [2.24, 2.45) is 5.92 Å². The van der Waals surface area contributed by atoms with E-state index in [9.17, 15) is 19.5 Å². The maximum atomic E-state index is 13.3. The second kappa shape index (κ2) is 9.89. The Kier molecular flexibility index (Phi) is 6.52. The van der Waals surface area contributed by atoms with Gasteiger partial charge < -0.3 is 25.4 Å². The zero-order valence-electron chi connectivity index (χ0n) is 19.5. The molecule has 2 amide bonds. The summed E-state index contributed by atoms with van der Waals surface area (Å²) in [4.78, 5) is 47.2. The fourth-order valence-corrected chi connectivity index (χ4v) is 5.13. The number of aliphatic carboxylic acids is 1. The molecule has 0 aromatic carbocycles. The number of aryl methyl sites for hydroxylation is 2. The number of ether oxygens (including phenoxy) is 1. The molecule has 2 aromatic heterocycles. The largest absolute Gasteiger partial charge is 0.481 e. The summed E-state index contributed by atoms with van der Waals surface area (Å²) in [7, 11) is 0. The smallest absolute Gasteiger partial charge is 0.305 e. The minimum Gasteiger partial charge on any atom is -0.481 e. The van der Waals surface area contributed by atoms with Gasteiger partial charge in [0.1, 0.15) is 11.5 Å². The molecular weight excluding hydrogens is 450 g/mol. The highest BCUT2D eigenvalue weighted by atomic mass is 16.5. The van der Waals surface area contributed by atoms with Gasteiger partial charge in [0.15, 0.2) is 6.61 Å². The van der Waals surface area contributed by atoms with Crippen LogP contribution in [0.25, 0.3) is 0 Å². The van der Waals surface area contributed by atoms with Crippen molar-refractivity contribution in [3.8, 4) is 5.88 Å². The molecule has 5 heterocycles. The van der Waals surface area contributed by atoms with Gasteiger partial charge in [-0.05, 0) is 61.8 Å². The van der Waals surface area contributed by atoms with E-state index in [0.29, 0.717) is 30.1 Å². The third kappa shape index (κ3) is 5.06. The number of rotatable bonds is 8. The van der Waals surface area contributed by atoms with Gasteiger partial charge in [-0.1, -0.05) is 6.07 Å². The van der Waals surface area contributed by atoms with E-state index in [2.05, 4.69) is 27.8 Å². The Morgan fingerprint density at radius 1 is 1.31 bits per heavy atom. The molecule has 3 N–H and O–H groups in total. The number of carboxylic acid groups (broad SMARTS) is 1. The number of anilines is 2. The second-order valence-corrected chi connectivity index (χ2v) is 9.32. The summed E-state index contributed by atoms with van der Waals surface area (Å²) >= 11 is 0. The number of carbonyl (C=O) groups excluding carboxylic acids is 2. The number of nitrogens with one attached hydrogen (secondary N) is 2. The number of hydrogen-bond acceptors (Lipinski definition) is 7. The Balaban J connectivity index is 1.24. The Labute approximate surface area is 203 Å². The maximum Gasteiger partial charge on any atom is 0.305 e. The first-order valence-electron chi connectivity index (χ1n) is 12.2. The SMILES string of the molecule is O=C(O)C[C@@H](c1cnc2c(c1)NC(=O)CO2)N1CCC(CCCc2ccc3c(n2)NCCC3)C1=O. The number of fused-ring (bicyclic) bond motifs is 2. The van der Waals surface area contributed by atoms with Crippen LogP contribution in [0.4, 0.5) is 11.5 Å². The van der Waals surface area contributed by atoms with Crippen molar-refractivity contribution in [3.05, 3.63) is 41.2 Å². The highest BCUT2D eigenvalue weighted by molar-refractivity contribution is 5.95. The van der Waals surface area contributed by atoms with Crippen LogP contribution in [0, 0.1) is 5.92 Å². The first kappa shape index (κ1) is 23.1. The van der Waals surface area contributed by atoms with Gasteiger partial charge in [0, 0.05) is 30.9 Å². The van der Waals surface area contributed by atoms with E-state index in [1.165, 1.54) is 11.8 Å². The van der Waals surface area contributed by atoms with Crippen molar-refractivity contribution >= 4 is 29.3 Å². The lowest BCUT2D eigenvalue weighted by Crippen LogP contribution is -2.34. The van der Waals surface area contributed by atoms with Gasteiger partial charge in [0.05, 0.1) is 12.5 Å². The number of hydrogen-bond donors (Lipinski definition) is 3. The molecule has 184 valence electrons. The first-order chi connectivity index (χ1) is 17.0. The van der Waals surface area contributed by atoms with Crippen molar-refractivity contribution in [3.63, 3.8) is 0 Å². The molecule has 1 saturated heterocycles. The number of pyridine rings is 2. The fourth-order valence-electron chi connectivity index (χ4n) is 5.13. The molecule has 3 aliphatic heterocycles. The van der Waals surface area contributed by atoms with Gasteiger partial charge in [-0.2, -0.15) is 0 Å². The van der Waals surface area contributed by atoms with Crippen LogP contribution in [0.5, 0.6) is 5.88 Å². The van der Waals surface area contributed by atoms with Crippen LogP contribution < -0.4 is 15.4 Å². The van der Waals surface area contributed by atoms with Crippen molar-refractivity contribution in [2.75, 3.05) is 30.3 Å². The normalized spacial score (nSPS) is 19.8. The molecule has 3 aliphatic rings. The van der Waals surface area contributed by atoms with Gasteiger partial charge >= 0.3 is 5.97 Å². The lowest BCUT2D eigenvalue weighted by atomic mass is 9.98. The topological polar surface area (TPSA) is 134 Å². The molecular formula is C25H29N5O5. The molecule has 0 bridgehead atoms. The van der Waals surface area contributed by atoms with E-state index in [1.54, 1.807) is 11.0 Å². The van der Waals surface area contributed by atoms with E-state index in [0.717, 1.165) is 50.2 Å². The zero-order chi connectivity index (χ0) is 24.4. The van der Waals surface area contributed by atoms with Gasteiger partial charge in [0.25, 0.3) is 5.91 Å². The van der Waals surface area contributed by atoms with E-state index in [1.807, 2.05) is 0 Å². The number of amides is 2. The molecule has 0 radical (unpaired) electrons. The average Bonchev–Trinajstić information content (AvgIpc) is 3.21. The highest BCUT2D eigenvalue weighted by Gasteiger charge is 2.37. The van der Waals surface area contributed by atoms with Crippen molar-refractivity contribution in [2.45, 2.75) is 51.0 Å². The first-order valence-corrected chi connectivity index (χ1v) is 12.2. The molecule has 0 saturated carbocycles. The Morgan fingerprint density at radius 3 is 3.06 bits per heavy atom. The van der Waals surface area contributed by atoms with Crippen LogP contribution >= 0.6 is 0 Å². The Bertz CT molecular complexity index is 1150. The lowest BCUT2D eigenvalue weighted by Gasteiger charge is -2.28. The van der Waals surface area contributed by atoms with E-state index >= 15 is 0 Å². The highest BCUT2D eigenvalue weighted by Crippen LogP contribution is 2.36. The Morgan fingerprint density at radius 2 is 2.20 bits per heavy atom. The summed E-state index contributed by atoms with van der Waals surface area (Å²) in [6, 6.07) is 5.21. The van der Waals surface area contributed by atoms with Crippen molar-refractivity contribution in [1.82, 2.24) is 14.9 Å². The van der Waals surface area contributed by atoms with Crippen molar-refractivity contribution < 1.29 is 24.2 Å². The lowest BCUT2D eigenvalue weighted by molar-refractivity contribution is -0.140. The fraction of sp³-hybridized carbons (Fsp3) is 0.480. The second-order valence-electron chi connectivity index (χ2n) is 9.32. The summed E-state index contributed by atoms with van der Waals surface area (Å²) < 4.78 is 5.30. The standard InChI is InChI=1S/C25H29N5O5/c31-21-14-35-24-19(29-21)11-17(13-27-24)20(12-22(32)33)30-10-8-16(25(30)34)3-1-5-18-7-6-15-4-2-9-26-23(15)28-18/h6-7,11,13,16,20H,1-5,8-10,12,14H2,(H,26,28)(H,29,31)(H,32,33)/t16?,20-/m0/s1. The van der Waals surface area contributed by atoms with Crippen LogP contribution in [-0.2, 0) is 27.2 Å².